The second-order valence-corrected chi connectivity index (χ2v) is 15.4. The van der Waals surface area contributed by atoms with Gasteiger partial charge in [-0.2, -0.15) is 0 Å². The van der Waals surface area contributed by atoms with E-state index >= 15 is 0 Å². The number of carboxylic acid groups (broad SMARTS) is 1. The van der Waals surface area contributed by atoms with E-state index in [1.54, 1.807) is 32.4 Å². The van der Waals surface area contributed by atoms with Gasteiger partial charge in [0, 0.05) is 66.2 Å². The molecule has 2 atom stereocenters. The van der Waals surface area contributed by atoms with Crippen LogP contribution in [0, 0.1) is 0 Å². The molecule has 2 aliphatic carbocycles. The monoisotopic (exact) mass is 816 g/mol. The number of aromatic nitrogens is 4. The van der Waals surface area contributed by atoms with Crippen LogP contribution in [0.5, 0.6) is 0 Å². The number of aldehydes is 1. The molecule has 2 aromatic heterocycles. The van der Waals surface area contributed by atoms with Crippen molar-refractivity contribution in [2.45, 2.75) is 115 Å². The Morgan fingerprint density at radius 1 is 0.661 bits per heavy atom. The molecule has 59 heavy (non-hydrogen) atoms. The van der Waals surface area contributed by atoms with Crippen LogP contribution in [0.15, 0.2) is 46.0 Å². The van der Waals surface area contributed by atoms with Gasteiger partial charge in [-0.1, -0.05) is 24.3 Å². The summed E-state index contributed by atoms with van der Waals surface area (Å²) < 4.78 is 17.5. The lowest BCUT2D eigenvalue weighted by Gasteiger charge is -2.21. The Balaban J connectivity index is 0.000000224. The average Bonchev–Trinajstić information content (AvgIpc) is 3.61. The first kappa shape index (κ1) is 44.8. The molecule has 2 saturated carbocycles. The summed E-state index contributed by atoms with van der Waals surface area (Å²) in [5.74, 6) is -1.27. The number of nitrogens with zero attached hydrogens (tertiary/aromatic N) is 4. The third kappa shape index (κ3) is 11.3. The summed E-state index contributed by atoms with van der Waals surface area (Å²) >= 11 is 0. The number of unbranched alkanes of at least 4 members (excludes halogenated alkanes) is 3. The van der Waals surface area contributed by atoms with Crippen molar-refractivity contribution in [1.29, 1.82) is 0 Å². The number of aliphatic carboxylic acids is 1. The fraction of sp³-hybridized carbons (Fsp3) is 0.545. The van der Waals surface area contributed by atoms with Gasteiger partial charge in [0.15, 0.2) is 11.6 Å². The lowest BCUT2D eigenvalue weighted by atomic mass is 9.92. The number of carbonyl (C=O) groups is 6. The van der Waals surface area contributed by atoms with Gasteiger partial charge in [-0.15, -0.1) is 0 Å². The van der Waals surface area contributed by atoms with E-state index in [0.717, 1.165) is 84.4 Å². The number of Topliss-reactive ketones (excluding diaryl/α,β-unsaturated/α-hetero) is 4. The van der Waals surface area contributed by atoms with Gasteiger partial charge in [-0.3, -0.25) is 42.2 Å². The molecule has 0 radical (unpaired) electrons. The summed E-state index contributed by atoms with van der Waals surface area (Å²) in [6, 6.07) is 10.4. The zero-order valence-corrected chi connectivity index (χ0v) is 34.2. The van der Waals surface area contributed by atoms with Crippen LogP contribution < -0.4 is 11.4 Å². The Morgan fingerprint density at radius 3 is 1.53 bits per heavy atom. The summed E-state index contributed by atoms with van der Waals surface area (Å²) in [4.78, 5) is 94.5. The molecule has 2 aromatic carbocycles. The van der Waals surface area contributed by atoms with Gasteiger partial charge in [-0.25, -0.2) is 9.59 Å². The number of carbonyl (C=O) groups excluding carboxylic acids is 5. The average molecular weight is 817 g/mol. The number of carboxylic acids is 1. The molecule has 318 valence electrons. The normalized spacial score (nSPS) is 17.1. The minimum atomic E-state index is -0.790. The van der Waals surface area contributed by atoms with Crippen molar-refractivity contribution in [1.82, 2.24) is 18.3 Å². The number of rotatable bonds is 20. The number of benzene rings is 2. The van der Waals surface area contributed by atoms with Crippen molar-refractivity contribution < 1.29 is 43.3 Å². The van der Waals surface area contributed by atoms with Crippen molar-refractivity contribution in [3.05, 3.63) is 68.5 Å². The van der Waals surface area contributed by atoms with Crippen LogP contribution in [0.4, 0.5) is 0 Å². The summed E-state index contributed by atoms with van der Waals surface area (Å²) in [5, 5.41) is 8.62. The minimum Gasteiger partial charge on any atom is -0.481 e. The molecular formula is C44H56N4O11. The Kier molecular flexibility index (Phi) is 16.4. The maximum absolute atomic E-state index is 12.9. The summed E-state index contributed by atoms with van der Waals surface area (Å²) in [6.07, 6.45) is 9.03. The van der Waals surface area contributed by atoms with Crippen molar-refractivity contribution >= 4 is 57.5 Å². The first-order valence-electron chi connectivity index (χ1n) is 20.7. The smallest absolute Gasteiger partial charge is 0.329 e. The number of para-hydroxylation sites is 2. The first-order chi connectivity index (χ1) is 28.4. The van der Waals surface area contributed by atoms with Crippen LogP contribution in [-0.4, -0.2) is 85.2 Å². The molecule has 0 saturated heterocycles. The zero-order chi connectivity index (χ0) is 42.5. The van der Waals surface area contributed by atoms with Gasteiger partial charge < -0.3 is 19.4 Å². The number of hydrogen-bond donors (Lipinski definition) is 1. The van der Waals surface area contributed by atoms with E-state index in [2.05, 4.69) is 0 Å². The number of imidazole rings is 2. The predicted octanol–water partition coefficient (Wildman–Crippen LogP) is 4.93. The van der Waals surface area contributed by atoms with E-state index in [4.69, 9.17) is 14.6 Å². The highest BCUT2D eigenvalue weighted by molar-refractivity contribution is 6.04. The molecule has 2 fully saturated rings. The van der Waals surface area contributed by atoms with E-state index in [9.17, 15) is 38.4 Å². The molecule has 0 spiro atoms. The zero-order valence-electron chi connectivity index (χ0n) is 34.2. The molecule has 0 bridgehead atoms. The number of hydrogen-bond acceptors (Lipinski definition) is 10. The van der Waals surface area contributed by atoms with Gasteiger partial charge in [0.2, 0.25) is 0 Å². The third-order valence-electron chi connectivity index (χ3n) is 11.1. The lowest BCUT2D eigenvalue weighted by molar-refractivity contribution is -0.137. The first-order valence-corrected chi connectivity index (χ1v) is 20.7. The molecular weight excluding hydrogens is 761 g/mol. The van der Waals surface area contributed by atoms with E-state index in [-0.39, 0.29) is 53.8 Å². The van der Waals surface area contributed by atoms with Crippen LogP contribution >= 0.6 is 0 Å². The van der Waals surface area contributed by atoms with Crippen molar-refractivity contribution in [2.75, 3.05) is 26.4 Å². The summed E-state index contributed by atoms with van der Waals surface area (Å²) in [7, 11) is 3.44. The SMILES string of the molecule is Cn1c(=O)n(C2CCC(=O)CC2=O)c2cccc(CCCOCCCCC(=O)O)c21.Cn1c(=O)n(C2CCC(=O)CC2=O)c2cccc(CCCOCCCCC=O)c21. The van der Waals surface area contributed by atoms with E-state index in [1.165, 1.54) is 0 Å². The van der Waals surface area contributed by atoms with Crippen molar-refractivity contribution in [2.24, 2.45) is 14.1 Å². The summed E-state index contributed by atoms with van der Waals surface area (Å²) in [5.41, 5.74) is 4.73. The molecule has 0 aliphatic heterocycles. The van der Waals surface area contributed by atoms with Crippen LogP contribution in [0.3, 0.4) is 0 Å². The standard InChI is InChI=1S/C22H28N2O6.C22H28N2O5/c1-23-21-15(7-5-13-30-12-3-2-9-20(27)28)6-4-8-18(21)24(22(23)29)17-11-10-16(25)14-19(17)26;1-23-21-16(8-6-14-29-13-4-2-3-12-25)7-5-9-19(21)24(22(23)28)18-11-10-17(26)15-20(18)27/h4,6,8,17H,2-3,5,7,9-14H2,1H3,(H,27,28);5,7,9,12,18H,2-4,6,8,10-11,13-15H2,1H3. The highest BCUT2D eigenvalue weighted by Gasteiger charge is 2.33. The van der Waals surface area contributed by atoms with E-state index in [0.29, 0.717) is 65.0 Å². The Morgan fingerprint density at radius 2 is 1.10 bits per heavy atom. The molecule has 15 nitrogen and oxygen atoms in total. The fourth-order valence-electron chi connectivity index (χ4n) is 8.16. The number of aryl methyl sites for hydroxylation is 4. The van der Waals surface area contributed by atoms with Crippen LogP contribution in [0.25, 0.3) is 22.1 Å². The quantitative estimate of drug-likeness (QED) is 0.0722. The van der Waals surface area contributed by atoms with Gasteiger partial charge in [0.05, 0.1) is 47.0 Å². The molecule has 2 unspecified atom stereocenters. The molecule has 15 heteroatoms. The third-order valence-corrected chi connectivity index (χ3v) is 11.1. The second kappa shape index (κ2) is 21.6. The van der Waals surface area contributed by atoms with Gasteiger partial charge in [0.1, 0.15) is 17.9 Å². The van der Waals surface area contributed by atoms with E-state index in [1.807, 2.05) is 36.4 Å². The second-order valence-electron chi connectivity index (χ2n) is 15.4. The molecule has 2 aliphatic rings. The Labute approximate surface area is 342 Å². The molecule has 6 rings (SSSR count). The summed E-state index contributed by atoms with van der Waals surface area (Å²) in [6.45, 7) is 2.36. The number of fused-ring (bicyclic) bond motifs is 2. The minimum absolute atomic E-state index is 0.0496. The lowest BCUT2D eigenvalue weighted by Crippen LogP contribution is -2.34. The Bertz CT molecular complexity index is 2280. The fourth-order valence-corrected chi connectivity index (χ4v) is 8.16. The van der Waals surface area contributed by atoms with E-state index < -0.39 is 18.1 Å². The maximum atomic E-state index is 12.9. The molecule has 2 heterocycles. The van der Waals surface area contributed by atoms with Crippen LogP contribution in [-0.2, 0) is 65.2 Å². The maximum Gasteiger partial charge on any atom is 0.329 e. The predicted molar refractivity (Wildman–Crippen MR) is 220 cm³/mol. The van der Waals surface area contributed by atoms with Crippen LogP contribution in [0.2, 0.25) is 0 Å². The van der Waals surface area contributed by atoms with Gasteiger partial charge in [0.25, 0.3) is 0 Å². The van der Waals surface area contributed by atoms with Crippen molar-refractivity contribution in [3.8, 4) is 0 Å². The molecule has 0 amide bonds. The molecule has 1 N–H and O–H groups in total. The Hall–Kier alpha value is -5.28. The molecule has 4 aromatic rings. The van der Waals surface area contributed by atoms with Crippen LogP contribution in [0.1, 0.15) is 113 Å². The highest BCUT2D eigenvalue weighted by Crippen LogP contribution is 2.29. The number of ketones is 4. The largest absolute Gasteiger partial charge is 0.481 e. The van der Waals surface area contributed by atoms with Gasteiger partial charge in [-0.05, 0) is 87.5 Å². The topological polar surface area (TPSA) is 195 Å². The number of ether oxygens (including phenoxy) is 2. The highest BCUT2D eigenvalue weighted by atomic mass is 16.5. The van der Waals surface area contributed by atoms with Gasteiger partial charge >= 0.3 is 17.3 Å². The van der Waals surface area contributed by atoms with Crippen molar-refractivity contribution in [3.63, 3.8) is 0 Å².